The van der Waals surface area contributed by atoms with Gasteiger partial charge in [-0.15, -0.1) is 0 Å². The number of anilines is 2. The second-order valence-corrected chi connectivity index (χ2v) is 6.19. The molecule has 0 saturated carbocycles. The Kier molecular flexibility index (Phi) is 4.76. The van der Waals surface area contributed by atoms with Gasteiger partial charge >= 0.3 is 0 Å². The van der Waals surface area contributed by atoms with E-state index in [1.807, 2.05) is 25.1 Å². The Morgan fingerprint density at radius 3 is 2.57 bits per heavy atom. The summed E-state index contributed by atoms with van der Waals surface area (Å²) in [5.41, 5.74) is 1.74. The number of hydrogen-bond acceptors (Lipinski definition) is 4. The lowest BCUT2D eigenvalue weighted by atomic mass is 9.96. The van der Waals surface area contributed by atoms with E-state index < -0.39 is 0 Å². The summed E-state index contributed by atoms with van der Waals surface area (Å²) in [7, 11) is 0. The Bertz CT molecular complexity index is 681. The van der Waals surface area contributed by atoms with Crippen LogP contribution in [0.1, 0.15) is 18.5 Å². The van der Waals surface area contributed by atoms with Gasteiger partial charge in [0.1, 0.15) is 0 Å². The van der Waals surface area contributed by atoms with E-state index in [9.17, 15) is 4.79 Å². The van der Waals surface area contributed by atoms with Gasteiger partial charge in [-0.05, 0) is 50.1 Å². The molecule has 3 rings (SSSR count). The highest BCUT2D eigenvalue weighted by Crippen LogP contribution is 2.22. The van der Waals surface area contributed by atoms with Gasteiger partial charge in [0.05, 0.1) is 0 Å². The molecule has 2 heterocycles. The predicted molar refractivity (Wildman–Crippen MR) is 91.8 cm³/mol. The average molecular weight is 331 g/mol. The summed E-state index contributed by atoms with van der Waals surface area (Å²) in [6.07, 6.45) is 3.38. The van der Waals surface area contributed by atoms with Gasteiger partial charge in [-0.3, -0.25) is 4.79 Å². The average Bonchev–Trinajstić information content (AvgIpc) is 2.57. The number of piperidine rings is 1. The summed E-state index contributed by atoms with van der Waals surface area (Å²) in [5.74, 6) is 0.838. The van der Waals surface area contributed by atoms with Crippen molar-refractivity contribution in [3.8, 4) is 0 Å². The zero-order chi connectivity index (χ0) is 16.2. The van der Waals surface area contributed by atoms with Gasteiger partial charge in [0, 0.05) is 41.6 Å². The molecule has 1 aromatic heterocycles. The number of carbonyl (C=O) groups excluding carboxylic acids is 1. The van der Waals surface area contributed by atoms with Crippen LogP contribution in [-0.4, -0.2) is 29.0 Å². The van der Waals surface area contributed by atoms with Crippen molar-refractivity contribution in [1.82, 2.24) is 9.97 Å². The summed E-state index contributed by atoms with van der Waals surface area (Å²) < 4.78 is 0. The molecule has 1 saturated heterocycles. The number of carbonyl (C=O) groups is 1. The number of hydrogen-bond donors (Lipinski definition) is 1. The van der Waals surface area contributed by atoms with Crippen LogP contribution in [0.5, 0.6) is 0 Å². The number of halogens is 1. The van der Waals surface area contributed by atoms with E-state index >= 15 is 0 Å². The van der Waals surface area contributed by atoms with Crippen molar-refractivity contribution in [3.63, 3.8) is 0 Å². The van der Waals surface area contributed by atoms with Crippen LogP contribution in [0.25, 0.3) is 0 Å². The number of benzene rings is 1. The molecule has 0 unspecified atom stereocenters. The number of amides is 1. The van der Waals surface area contributed by atoms with Gasteiger partial charge < -0.3 is 10.2 Å². The molecule has 0 bridgehead atoms. The first-order valence-corrected chi connectivity index (χ1v) is 8.10. The van der Waals surface area contributed by atoms with Crippen molar-refractivity contribution in [2.75, 3.05) is 23.3 Å². The zero-order valence-corrected chi connectivity index (χ0v) is 13.8. The van der Waals surface area contributed by atoms with Crippen molar-refractivity contribution in [2.24, 2.45) is 5.92 Å². The van der Waals surface area contributed by atoms with Gasteiger partial charge in [-0.2, -0.15) is 0 Å². The Balaban J connectivity index is 1.56. The molecular formula is C17H19ClN4O. The van der Waals surface area contributed by atoms with Gasteiger partial charge in [-0.25, -0.2) is 9.97 Å². The molecule has 5 nitrogen and oxygen atoms in total. The van der Waals surface area contributed by atoms with Crippen molar-refractivity contribution in [1.29, 1.82) is 0 Å². The number of aromatic nitrogens is 2. The largest absolute Gasteiger partial charge is 0.341 e. The van der Waals surface area contributed by atoms with E-state index in [1.54, 1.807) is 18.3 Å². The maximum absolute atomic E-state index is 12.4. The first-order valence-electron chi connectivity index (χ1n) is 7.73. The first kappa shape index (κ1) is 15.7. The highest BCUT2D eigenvalue weighted by Gasteiger charge is 2.26. The van der Waals surface area contributed by atoms with E-state index in [1.165, 1.54) is 0 Å². The van der Waals surface area contributed by atoms with E-state index in [0.29, 0.717) is 5.02 Å². The topological polar surface area (TPSA) is 58.1 Å². The lowest BCUT2D eigenvalue weighted by Gasteiger charge is -2.31. The fourth-order valence-corrected chi connectivity index (χ4v) is 2.83. The maximum atomic E-state index is 12.4. The van der Waals surface area contributed by atoms with Crippen LogP contribution in [0, 0.1) is 12.8 Å². The molecule has 0 radical (unpaired) electrons. The first-order chi connectivity index (χ1) is 11.1. The predicted octanol–water partition coefficient (Wildman–Crippen LogP) is 3.29. The van der Waals surface area contributed by atoms with Crippen LogP contribution in [0.2, 0.25) is 5.02 Å². The summed E-state index contributed by atoms with van der Waals surface area (Å²) in [5, 5.41) is 3.62. The molecule has 1 aliphatic heterocycles. The van der Waals surface area contributed by atoms with Crippen LogP contribution in [-0.2, 0) is 4.79 Å². The standard InChI is InChI=1S/C17H19ClN4O/c1-12-6-9-19-17(20-12)22-10-7-13(8-11-22)16(23)21-15-4-2-14(18)3-5-15/h2-6,9,13H,7-8,10-11H2,1H3,(H,21,23). The van der Waals surface area contributed by atoms with Crippen molar-refractivity contribution in [2.45, 2.75) is 19.8 Å². The fraction of sp³-hybridized carbons (Fsp3) is 0.353. The normalized spacial score (nSPS) is 15.5. The Labute approximate surface area is 140 Å². The molecule has 0 aliphatic carbocycles. The minimum atomic E-state index is 0.0201. The smallest absolute Gasteiger partial charge is 0.227 e. The lowest BCUT2D eigenvalue weighted by Crippen LogP contribution is -2.39. The highest BCUT2D eigenvalue weighted by atomic mass is 35.5. The molecule has 0 spiro atoms. The van der Waals surface area contributed by atoms with E-state index in [4.69, 9.17) is 11.6 Å². The maximum Gasteiger partial charge on any atom is 0.227 e. The van der Waals surface area contributed by atoms with Crippen LogP contribution in [0.4, 0.5) is 11.6 Å². The van der Waals surface area contributed by atoms with E-state index in [0.717, 1.165) is 43.3 Å². The van der Waals surface area contributed by atoms with E-state index in [2.05, 4.69) is 20.2 Å². The Morgan fingerprint density at radius 1 is 1.22 bits per heavy atom. The van der Waals surface area contributed by atoms with Crippen molar-refractivity contribution < 1.29 is 4.79 Å². The third-order valence-corrected chi connectivity index (χ3v) is 4.29. The molecule has 1 amide bonds. The molecule has 2 aromatic rings. The second kappa shape index (κ2) is 6.96. The second-order valence-electron chi connectivity index (χ2n) is 5.76. The summed E-state index contributed by atoms with van der Waals surface area (Å²) >= 11 is 5.85. The number of aryl methyl sites for hydroxylation is 1. The van der Waals surface area contributed by atoms with Gasteiger partial charge in [0.25, 0.3) is 0 Å². The Morgan fingerprint density at radius 2 is 1.91 bits per heavy atom. The van der Waals surface area contributed by atoms with E-state index in [-0.39, 0.29) is 11.8 Å². The number of nitrogens with zero attached hydrogens (tertiary/aromatic N) is 3. The molecule has 0 atom stereocenters. The molecule has 1 N–H and O–H groups in total. The number of nitrogens with one attached hydrogen (secondary N) is 1. The highest BCUT2D eigenvalue weighted by molar-refractivity contribution is 6.30. The van der Waals surface area contributed by atoms with Crippen molar-refractivity contribution >= 4 is 29.1 Å². The Hall–Kier alpha value is -2.14. The van der Waals surface area contributed by atoms with Crippen molar-refractivity contribution in [3.05, 3.63) is 47.2 Å². The van der Waals surface area contributed by atoms with Crippen LogP contribution in [0.3, 0.4) is 0 Å². The lowest BCUT2D eigenvalue weighted by molar-refractivity contribution is -0.120. The molecule has 1 aliphatic rings. The van der Waals surface area contributed by atoms with Crippen LogP contribution in [0.15, 0.2) is 36.5 Å². The van der Waals surface area contributed by atoms with Crippen LogP contribution < -0.4 is 10.2 Å². The van der Waals surface area contributed by atoms with Crippen LogP contribution >= 0.6 is 11.6 Å². The molecule has 1 fully saturated rings. The third kappa shape index (κ3) is 3.99. The fourth-order valence-electron chi connectivity index (χ4n) is 2.71. The minimum absolute atomic E-state index is 0.0201. The molecule has 120 valence electrons. The monoisotopic (exact) mass is 330 g/mol. The molecule has 1 aromatic carbocycles. The molecular weight excluding hydrogens is 312 g/mol. The molecule has 6 heteroatoms. The molecule has 23 heavy (non-hydrogen) atoms. The zero-order valence-electron chi connectivity index (χ0n) is 13.0. The van der Waals surface area contributed by atoms with Gasteiger partial charge in [0.15, 0.2) is 0 Å². The summed E-state index contributed by atoms with van der Waals surface area (Å²) in [4.78, 5) is 23.2. The quantitative estimate of drug-likeness (QED) is 0.938. The summed E-state index contributed by atoms with van der Waals surface area (Å²) in [6.45, 7) is 3.54. The minimum Gasteiger partial charge on any atom is -0.341 e. The van der Waals surface area contributed by atoms with Gasteiger partial charge in [-0.1, -0.05) is 11.6 Å². The number of rotatable bonds is 3. The SMILES string of the molecule is Cc1ccnc(N2CCC(C(=O)Nc3ccc(Cl)cc3)CC2)n1. The van der Waals surface area contributed by atoms with Gasteiger partial charge in [0.2, 0.25) is 11.9 Å². The summed E-state index contributed by atoms with van der Waals surface area (Å²) in [6, 6.07) is 9.06. The third-order valence-electron chi connectivity index (χ3n) is 4.04.